The van der Waals surface area contributed by atoms with E-state index >= 15 is 0 Å². The van der Waals surface area contributed by atoms with Crippen molar-refractivity contribution in [3.05, 3.63) is 53.6 Å². The molecule has 0 aliphatic carbocycles. The topological polar surface area (TPSA) is 93.1 Å². The molecule has 0 bridgehead atoms. The molecule has 2 aromatic rings. The Bertz CT molecular complexity index is 942. The number of rotatable bonds is 6. The zero-order chi connectivity index (χ0) is 19.6. The fraction of sp³-hybridized carbons (Fsp3) is 0.316. The molecule has 1 aliphatic rings. The summed E-state index contributed by atoms with van der Waals surface area (Å²) in [7, 11) is -0.831. The van der Waals surface area contributed by atoms with Crippen molar-refractivity contribution in [2.45, 2.75) is 23.8 Å². The number of nitrogens with zero attached hydrogens (tertiary/aromatic N) is 1. The third kappa shape index (κ3) is 3.63. The first-order valence-electron chi connectivity index (χ1n) is 8.42. The zero-order valence-electron chi connectivity index (χ0n) is 15.1. The van der Waals surface area contributed by atoms with Crippen LogP contribution in [0, 0.1) is 0 Å². The summed E-state index contributed by atoms with van der Waals surface area (Å²) in [6.07, 6.45) is 0.117. The Morgan fingerprint density at radius 2 is 1.78 bits per heavy atom. The molecule has 7 nitrogen and oxygen atoms in total. The molecule has 0 spiro atoms. The number of carboxylic acids is 1. The number of aliphatic carboxylic acids is 1. The Kier molecular flexibility index (Phi) is 5.38. The van der Waals surface area contributed by atoms with Gasteiger partial charge in [0.25, 0.3) is 0 Å². The van der Waals surface area contributed by atoms with Crippen LogP contribution in [-0.4, -0.2) is 44.6 Å². The van der Waals surface area contributed by atoms with E-state index in [1.54, 1.807) is 30.3 Å². The Labute approximate surface area is 158 Å². The molecule has 1 heterocycles. The summed E-state index contributed by atoms with van der Waals surface area (Å²) in [5.74, 6) is -0.105. The zero-order valence-corrected chi connectivity index (χ0v) is 15.9. The van der Waals surface area contributed by atoms with Gasteiger partial charge in [-0.15, -0.1) is 0 Å². The summed E-state index contributed by atoms with van der Waals surface area (Å²) in [5.41, 5.74) is 1.49. The monoisotopic (exact) mass is 391 g/mol. The number of sulfonamides is 1. The summed E-state index contributed by atoms with van der Waals surface area (Å²) in [6, 6.07) is 10.7. The van der Waals surface area contributed by atoms with Gasteiger partial charge in [0.1, 0.15) is 0 Å². The van der Waals surface area contributed by atoms with E-state index in [1.165, 1.54) is 30.7 Å². The van der Waals surface area contributed by atoms with Crippen molar-refractivity contribution in [3.63, 3.8) is 0 Å². The normalized spacial score (nSPS) is 17.2. The van der Waals surface area contributed by atoms with E-state index in [4.69, 9.17) is 9.47 Å². The van der Waals surface area contributed by atoms with Crippen molar-refractivity contribution in [3.8, 4) is 11.5 Å². The van der Waals surface area contributed by atoms with Crippen LogP contribution in [0.15, 0.2) is 47.4 Å². The lowest BCUT2D eigenvalue weighted by molar-refractivity contribution is -0.138. The SMILES string of the molecule is COc1cc2c(cc1OC)[C@@H](CC(=O)O)N(S(=O)(=O)c1ccccc1)CC2. The van der Waals surface area contributed by atoms with E-state index in [2.05, 4.69) is 0 Å². The molecule has 2 aromatic carbocycles. The molecule has 0 radical (unpaired) electrons. The Balaban J connectivity index is 2.11. The molecular weight excluding hydrogens is 370 g/mol. The van der Waals surface area contributed by atoms with Gasteiger partial charge >= 0.3 is 5.97 Å². The van der Waals surface area contributed by atoms with Crippen molar-refractivity contribution in [1.29, 1.82) is 0 Å². The number of fused-ring (bicyclic) bond motifs is 1. The second-order valence-electron chi connectivity index (χ2n) is 6.20. The molecule has 144 valence electrons. The highest BCUT2D eigenvalue weighted by Gasteiger charge is 2.38. The molecule has 8 heteroatoms. The maximum atomic E-state index is 13.1. The van der Waals surface area contributed by atoms with E-state index in [0.29, 0.717) is 23.5 Å². The van der Waals surface area contributed by atoms with Crippen LogP contribution >= 0.6 is 0 Å². The lowest BCUT2D eigenvalue weighted by atomic mass is 9.92. The molecule has 1 aliphatic heterocycles. The fourth-order valence-electron chi connectivity index (χ4n) is 3.40. The smallest absolute Gasteiger partial charge is 0.305 e. The summed E-state index contributed by atoms with van der Waals surface area (Å²) in [6.45, 7) is 0.192. The number of carboxylic acid groups (broad SMARTS) is 1. The first-order chi connectivity index (χ1) is 12.9. The average Bonchev–Trinajstić information content (AvgIpc) is 2.67. The van der Waals surface area contributed by atoms with Crippen LogP contribution in [0.25, 0.3) is 0 Å². The van der Waals surface area contributed by atoms with E-state index in [-0.39, 0.29) is 17.9 Å². The van der Waals surface area contributed by atoms with Crippen molar-refractivity contribution in [2.24, 2.45) is 0 Å². The van der Waals surface area contributed by atoms with Crippen LogP contribution in [0.4, 0.5) is 0 Å². The van der Waals surface area contributed by atoms with Gasteiger partial charge < -0.3 is 14.6 Å². The first-order valence-corrected chi connectivity index (χ1v) is 9.86. The van der Waals surface area contributed by atoms with Gasteiger partial charge in [-0.3, -0.25) is 4.79 Å². The van der Waals surface area contributed by atoms with Crippen LogP contribution in [-0.2, 0) is 21.2 Å². The van der Waals surface area contributed by atoms with Crippen molar-refractivity contribution < 1.29 is 27.8 Å². The largest absolute Gasteiger partial charge is 0.493 e. The standard InChI is InChI=1S/C19H21NO6S/c1-25-17-10-13-8-9-20(27(23,24)14-6-4-3-5-7-14)16(12-19(21)22)15(13)11-18(17)26-2/h3-7,10-11,16H,8-9,12H2,1-2H3,(H,21,22)/t16-/m1/s1. The second kappa shape index (κ2) is 7.58. The second-order valence-corrected chi connectivity index (χ2v) is 8.09. The third-order valence-corrected chi connectivity index (χ3v) is 6.59. The summed E-state index contributed by atoms with van der Waals surface area (Å²) in [5, 5.41) is 9.40. The highest BCUT2D eigenvalue weighted by Crippen LogP contribution is 2.41. The fourth-order valence-corrected chi connectivity index (χ4v) is 5.02. The maximum Gasteiger partial charge on any atom is 0.305 e. The predicted molar refractivity (Wildman–Crippen MR) is 98.6 cm³/mol. The van der Waals surface area contributed by atoms with E-state index < -0.39 is 22.0 Å². The highest BCUT2D eigenvalue weighted by atomic mass is 32.2. The van der Waals surface area contributed by atoms with Crippen molar-refractivity contribution in [1.82, 2.24) is 4.31 Å². The van der Waals surface area contributed by atoms with Gasteiger partial charge in [-0.1, -0.05) is 18.2 Å². The number of benzene rings is 2. The molecule has 0 amide bonds. The molecule has 0 aromatic heterocycles. The van der Waals surface area contributed by atoms with Crippen LogP contribution in [0.3, 0.4) is 0 Å². The van der Waals surface area contributed by atoms with Gasteiger partial charge in [0.15, 0.2) is 11.5 Å². The van der Waals surface area contributed by atoms with Gasteiger partial charge in [0.2, 0.25) is 10.0 Å². The number of methoxy groups -OCH3 is 2. The van der Waals surface area contributed by atoms with Gasteiger partial charge in [0.05, 0.1) is 31.6 Å². The number of carbonyl (C=O) groups is 1. The molecule has 0 unspecified atom stereocenters. The molecule has 27 heavy (non-hydrogen) atoms. The third-order valence-electron chi connectivity index (χ3n) is 4.67. The van der Waals surface area contributed by atoms with E-state index in [9.17, 15) is 18.3 Å². The lowest BCUT2D eigenvalue weighted by Crippen LogP contribution is -2.41. The summed E-state index contributed by atoms with van der Waals surface area (Å²) in [4.78, 5) is 11.6. The summed E-state index contributed by atoms with van der Waals surface area (Å²) < 4.78 is 38.2. The molecule has 1 atom stereocenters. The van der Waals surface area contributed by atoms with E-state index in [0.717, 1.165) is 5.56 Å². The quantitative estimate of drug-likeness (QED) is 0.813. The number of ether oxygens (including phenoxy) is 2. The van der Waals surface area contributed by atoms with Crippen LogP contribution in [0.5, 0.6) is 11.5 Å². The average molecular weight is 391 g/mol. The molecule has 0 saturated heterocycles. The number of hydrogen-bond donors (Lipinski definition) is 1. The number of hydrogen-bond acceptors (Lipinski definition) is 5. The van der Waals surface area contributed by atoms with Crippen LogP contribution < -0.4 is 9.47 Å². The van der Waals surface area contributed by atoms with Gasteiger partial charge in [-0.25, -0.2) is 8.42 Å². The predicted octanol–water partition coefficient (Wildman–Crippen LogP) is 2.47. The maximum absolute atomic E-state index is 13.1. The Hall–Kier alpha value is -2.58. The molecule has 0 saturated carbocycles. The van der Waals surface area contributed by atoms with Gasteiger partial charge in [-0.2, -0.15) is 4.31 Å². The minimum Gasteiger partial charge on any atom is -0.493 e. The van der Waals surface area contributed by atoms with E-state index in [1.807, 2.05) is 0 Å². The minimum absolute atomic E-state index is 0.143. The van der Waals surface area contributed by atoms with Crippen LogP contribution in [0.1, 0.15) is 23.6 Å². The van der Waals surface area contributed by atoms with Gasteiger partial charge in [-0.05, 0) is 41.8 Å². The molecule has 1 N–H and O–H groups in total. The Morgan fingerprint density at radius 1 is 1.15 bits per heavy atom. The van der Waals surface area contributed by atoms with Crippen molar-refractivity contribution >= 4 is 16.0 Å². The summed E-state index contributed by atoms with van der Waals surface area (Å²) >= 11 is 0. The Morgan fingerprint density at radius 3 is 2.37 bits per heavy atom. The highest BCUT2D eigenvalue weighted by molar-refractivity contribution is 7.89. The molecule has 3 rings (SSSR count). The first kappa shape index (κ1) is 19.2. The minimum atomic E-state index is -3.84. The van der Waals surface area contributed by atoms with Gasteiger partial charge in [0, 0.05) is 6.54 Å². The lowest BCUT2D eigenvalue weighted by Gasteiger charge is -2.36. The molecule has 0 fully saturated rings. The molecular formula is C19H21NO6S. The van der Waals surface area contributed by atoms with Crippen LogP contribution in [0.2, 0.25) is 0 Å². The van der Waals surface area contributed by atoms with Crippen molar-refractivity contribution in [2.75, 3.05) is 20.8 Å².